The van der Waals surface area contributed by atoms with Crippen LogP contribution in [0.2, 0.25) is 0 Å². The zero-order valence-electron chi connectivity index (χ0n) is 36.5. The molecule has 4 aromatic carbocycles. The predicted octanol–water partition coefficient (Wildman–Crippen LogP) is 14.3. The van der Waals surface area contributed by atoms with Gasteiger partial charge in [0, 0.05) is 0 Å². The third-order valence-electron chi connectivity index (χ3n) is 10.2. The number of phenols is 2. The number of ether oxygens (including phenoxy) is 2. The minimum atomic E-state index is -0.833. The van der Waals surface area contributed by atoms with Crippen molar-refractivity contribution >= 4 is 14.2 Å². The maximum atomic E-state index is 11.5. The van der Waals surface area contributed by atoms with Crippen LogP contribution in [0.3, 0.4) is 0 Å². The Morgan fingerprint density at radius 1 is 0.596 bits per heavy atom. The summed E-state index contributed by atoms with van der Waals surface area (Å²) in [4.78, 5) is 0. The van der Waals surface area contributed by atoms with Gasteiger partial charge in [-0.1, -0.05) is 12.1 Å². The number of rotatable bonds is 8. The van der Waals surface area contributed by atoms with E-state index < -0.39 is 19.2 Å². The van der Waals surface area contributed by atoms with E-state index in [-0.39, 0.29) is 23.0 Å². The second kappa shape index (κ2) is 21.6. The summed E-state index contributed by atoms with van der Waals surface area (Å²) in [5.41, 5.74) is 6.75. The summed E-state index contributed by atoms with van der Waals surface area (Å²) in [6, 6.07) is 28.4. The average Bonchev–Trinajstić information content (AvgIpc) is 3.41. The summed E-state index contributed by atoms with van der Waals surface area (Å²) in [7, 11) is 0.654. The van der Waals surface area contributed by atoms with Gasteiger partial charge in [-0.2, -0.15) is 49.2 Å². The van der Waals surface area contributed by atoms with Crippen LogP contribution >= 0.6 is 14.2 Å². The molecule has 312 valence electrons. The fourth-order valence-corrected chi connectivity index (χ4v) is 35.9. The van der Waals surface area contributed by atoms with Crippen molar-refractivity contribution in [2.24, 2.45) is 0 Å². The number of phenolic OH excluding ortho intramolecular Hbond substituents is 2. The second-order valence-electron chi connectivity index (χ2n) is 18.1. The molecule has 4 atom stereocenters. The van der Waals surface area contributed by atoms with Crippen molar-refractivity contribution in [3.63, 3.8) is 0 Å². The Kier molecular flexibility index (Phi) is 17.8. The minimum Gasteiger partial charge on any atom is -0.199 e. The average molecular weight is 890 g/mol. The van der Waals surface area contributed by atoms with Gasteiger partial charge in [0.05, 0.1) is 0 Å². The number of hydrogen-bond donors (Lipinski definition) is 2. The molecular weight excluding hydrogens is 820 g/mol. The normalized spacial score (nSPS) is 19.4. The number of hydrogen-bond acceptors (Lipinski definition) is 4. The molecule has 2 N–H and O–H groups in total. The first-order valence-electron chi connectivity index (χ1n) is 20.8. The monoisotopic (exact) mass is 888 g/mol. The van der Waals surface area contributed by atoms with Crippen LogP contribution in [0.5, 0.6) is 23.0 Å². The molecule has 0 saturated heterocycles. The van der Waals surface area contributed by atoms with Gasteiger partial charge < -0.3 is 0 Å². The van der Waals surface area contributed by atoms with E-state index in [4.69, 9.17) is 9.47 Å². The molecule has 7 heteroatoms. The van der Waals surface area contributed by atoms with Crippen LogP contribution in [0.25, 0.3) is 0 Å². The summed E-state index contributed by atoms with van der Waals surface area (Å²) in [5.74, 6) is 3.96. The van der Waals surface area contributed by atoms with Gasteiger partial charge >= 0.3 is 275 Å². The Morgan fingerprint density at radius 3 is 1.23 bits per heavy atom. The molecule has 4 nitrogen and oxygen atoms in total. The maximum absolute atomic E-state index is 11.5. The molecule has 2 unspecified atom stereocenters. The van der Waals surface area contributed by atoms with Gasteiger partial charge in [-0.05, 0) is 0 Å². The van der Waals surface area contributed by atoms with Crippen molar-refractivity contribution in [3.8, 4) is 23.0 Å². The van der Waals surface area contributed by atoms with E-state index in [0.29, 0.717) is 37.2 Å². The van der Waals surface area contributed by atoms with Crippen molar-refractivity contribution in [1.29, 1.82) is 0 Å². The SMILES string of the molecule is CC(C)Oc1cc(C(C)(C)C)cc(C[S]2=[Zr]=[S@@](Cc3cc(C(C)(C)C)cc(OC(C)C)c3O)C3CCCCCC[C@@H]32)c1O.[CH2-]c1ccccc1.[CH2-]c1ccccc1. The fraction of sp³-hybridized carbons (Fsp3) is 0.480. The quantitative estimate of drug-likeness (QED) is 0.173. The van der Waals surface area contributed by atoms with Crippen LogP contribution in [0.4, 0.5) is 0 Å². The maximum Gasteiger partial charge on any atom is -0.0866 e. The number of benzene rings is 4. The minimum absolute atomic E-state index is 0.0151. The van der Waals surface area contributed by atoms with Crippen LogP contribution in [-0.4, -0.2) is 32.9 Å². The van der Waals surface area contributed by atoms with Crippen molar-refractivity contribution < 1.29 is 38.8 Å². The first-order chi connectivity index (χ1) is 26.8. The summed E-state index contributed by atoms with van der Waals surface area (Å²) < 4.78 is 12.3. The van der Waals surface area contributed by atoms with Crippen LogP contribution in [0.1, 0.15) is 141 Å². The van der Waals surface area contributed by atoms with Crippen LogP contribution in [0, 0.1) is 13.8 Å². The van der Waals surface area contributed by atoms with E-state index in [1.165, 1.54) is 49.7 Å². The van der Waals surface area contributed by atoms with Crippen LogP contribution in [-0.2, 0) is 41.5 Å². The molecule has 0 amide bonds. The molecule has 0 radical (unpaired) electrons. The van der Waals surface area contributed by atoms with Gasteiger partial charge in [0.25, 0.3) is 0 Å². The first-order valence-corrected chi connectivity index (χ1v) is 29.7. The molecule has 1 aliphatic carbocycles. The van der Waals surface area contributed by atoms with E-state index in [1.54, 1.807) is 0 Å². The Hall–Kier alpha value is -2.60. The standard InChI is InChI=1S/C36H56O4S2.2C7H7.Zr/c1-23(2)39-29-19-27(35(5,6)7)17-25(33(29)37)21-41-31-15-13-11-12-14-16-32(31)42-22-26-18-28(36(8,9)10)20-30(34(26)38)40-24(3)4;2*1-7-5-3-2-4-6-7;/h17-20,23-24,31-32,37-38H,11-16,21-22H2,1-10H3;2*2-6H,1H2;/q;2*-1;/t31-,32?;;;/m0.../s1. The molecule has 4 aromatic rings. The predicted molar refractivity (Wildman–Crippen MR) is 245 cm³/mol. The summed E-state index contributed by atoms with van der Waals surface area (Å²) >= 11 is -0.833. The van der Waals surface area contributed by atoms with Gasteiger partial charge in [0.2, 0.25) is 0 Å². The van der Waals surface area contributed by atoms with Gasteiger partial charge in [-0.3, -0.25) is 0 Å². The Morgan fingerprint density at radius 2 is 0.947 bits per heavy atom. The van der Waals surface area contributed by atoms with E-state index in [1.807, 2.05) is 88.4 Å². The largest absolute Gasteiger partial charge is 0.199 e. The molecule has 0 aromatic heterocycles. The third kappa shape index (κ3) is 14.6. The third-order valence-corrected chi connectivity index (χ3v) is 31.9. The van der Waals surface area contributed by atoms with Crippen molar-refractivity contribution in [3.05, 3.63) is 132 Å². The second-order valence-corrected chi connectivity index (χ2v) is 33.7. The smallest absolute Gasteiger partial charge is 0.0866 e. The molecule has 0 spiro atoms. The molecule has 1 fully saturated rings. The first kappa shape index (κ1) is 47.1. The van der Waals surface area contributed by atoms with Gasteiger partial charge in [0.15, 0.2) is 0 Å². The summed E-state index contributed by atoms with van der Waals surface area (Å²) in [6.45, 7) is 29.0. The van der Waals surface area contributed by atoms with E-state index >= 15 is 0 Å². The van der Waals surface area contributed by atoms with E-state index in [9.17, 15) is 10.2 Å². The molecule has 0 bridgehead atoms. The summed E-state index contributed by atoms with van der Waals surface area (Å²) in [5, 5.41) is 24.5. The number of fused-ring (bicyclic) bond motifs is 1. The van der Waals surface area contributed by atoms with E-state index in [2.05, 4.69) is 79.7 Å². The van der Waals surface area contributed by atoms with Crippen molar-refractivity contribution in [2.45, 2.75) is 153 Å². The topological polar surface area (TPSA) is 58.9 Å². The van der Waals surface area contributed by atoms with Crippen molar-refractivity contribution in [2.75, 3.05) is 0 Å². The van der Waals surface area contributed by atoms with Gasteiger partial charge in [-0.15, -0.1) is 24.3 Å². The fourth-order valence-electron chi connectivity index (χ4n) is 7.00. The van der Waals surface area contributed by atoms with Crippen LogP contribution in [0.15, 0.2) is 84.9 Å². The van der Waals surface area contributed by atoms with Gasteiger partial charge in [-0.25, -0.2) is 0 Å². The zero-order valence-corrected chi connectivity index (χ0v) is 40.6. The Balaban J connectivity index is 0.000000428. The molecule has 1 heterocycles. The molecule has 1 saturated carbocycles. The molecule has 1 aliphatic heterocycles. The Labute approximate surface area is 358 Å². The van der Waals surface area contributed by atoms with Crippen molar-refractivity contribution in [1.82, 2.24) is 0 Å². The molecule has 2 aliphatic rings. The molecule has 57 heavy (non-hydrogen) atoms. The number of aromatic hydroxyl groups is 2. The molecule has 6 rings (SSSR count). The van der Waals surface area contributed by atoms with E-state index in [0.717, 1.165) is 44.3 Å². The zero-order chi connectivity index (χ0) is 41.9. The molecular formula is C50H70O4S2Zr-2. The summed E-state index contributed by atoms with van der Waals surface area (Å²) in [6.07, 6.45) is 8.03. The van der Waals surface area contributed by atoms with Gasteiger partial charge in [0.1, 0.15) is 0 Å². The Bertz CT molecular complexity index is 1810. The van der Waals surface area contributed by atoms with Crippen LogP contribution < -0.4 is 9.47 Å².